The van der Waals surface area contributed by atoms with Crippen LogP contribution < -0.4 is 10.6 Å². The molecule has 21 heavy (non-hydrogen) atoms. The first-order chi connectivity index (χ1) is 9.76. The van der Waals surface area contributed by atoms with Gasteiger partial charge in [0.15, 0.2) is 0 Å². The lowest BCUT2D eigenvalue weighted by molar-refractivity contribution is 0.102. The molecule has 1 aliphatic heterocycles. The average molecular weight is 307 g/mol. The molecular weight excluding hydrogens is 288 g/mol. The van der Waals surface area contributed by atoms with E-state index in [1.54, 1.807) is 17.1 Å². The van der Waals surface area contributed by atoms with Crippen molar-refractivity contribution in [3.63, 3.8) is 0 Å². The van der Waals surface area contributed by atoms with Crippen LogP contribution in [0.3, 0.4) is 0 Å². The van der Waals surface area contributed by atoms with Crippen LogP contribution in [0, 0.1) is 0 Å². The Bertz CT molecular complexity index is 638. The number of anilines is 1. The monoisotopic (exact) mass is 306 g/mol. The van der Waals surface area contributed by atoms with Gasteiger partial charge in [-0.05, 0) is 43.1 Å². The Morgan fingerprint density at radius 3 is 3.05 bits per heavy atom. The van der Waals surface area contributed by atoms with E-state index in [-0.39, 0.29) is 18.3 Å². The highest BCUT2D eigenvalue weighted by molar-refractivity contribution is 6.04. The van der Waals surface area contributed by atoms with Crippen LogP contribution in [0.4, 0.5) is 5.69 Å². The van der Waals surface area contributed by atoms with E-state index >= 15 is 0 Å². The first-order valence-electron chi connectivity index (χ1n) is 6.92. The summed E-state index contributed by atoms with van der Waals surface area (Å²) in [4.78, 5) is 12.1. The zero-order chi connectivity index (χ0) is 13.9. The zero-order valence-corrected chi connectivity index (χ0v) is 12.7. The molecule has 112 valence electrons. The number of halogens is 1. The van der Waals surface area contributed by atoms with Crippen molar-refractivity contribution >= 4 is 24.0 Å². The maximum Gasteiger partial charge on any atom is 0.258 e. The lowest BCUT2D eigenvalue weighted by Crippen LogP contribution is -2.23. The highest BCUT2D eigenvalue weighted by atomic mass is 35.5. The normalized spacial score (nSPS) is 13.2. The van der Waals surface area contributed by atoms with E-state index in [9.17, 15) is 4.79 Å². The lowest BCUT2D eigenvalue weighted by Gasteiger charge is -2.18. The van der Waals surface area contributed by atoms with Gasteiger partial charge >= 0.3 is 0 Å². The minimum absolute atomic E-state index is 0. The van der Waals surface area contributed by atoms with Crippen molar-refractivity contribution < 1.29 is 4.79 Å². The number of benzene rings is 1. The first-order valence-corrected chi connectivity index (χ1v) is 6.92. The third kappa shape index (κ3) is 3.43. The topological polar surface area (TPSA) is 59.0 Å². The van der Waals surface area contributed by atoms with Crippen molar-refractivity contribution in [1.82, 2.24) is 15.1 Å². The number of aromatic nitrogens is 2. The molecule has 0 aliphatic carbocycles. The van der Waals surface area contributed by atoms with Gasteiger partial charge in [0.2, 0.25) is 0 Å². The molecule has 1 aromatic carbocycles. The van der Waals surface area contributed by atoms with Gasteiger partial charge in [-0.2, -0.15) is 5.10 Å². The molecule has 2 aromatic rings. The molecule has 0 unspecified atom stereocenters. The summed E-state index contributed by atoms with van der Waals surface area (Å²) < 4.78 is 1.74. The molecule has 0 saturated carbocycles. The third-order valence-electron chi connectivity index (χ3n) is 3.57. The molecule has 2 heterocycles. The smallest absolute Gasteiger partial charge is 0.258 e. The lowest BCUT2D eigenvalue weighted by atomic mass is 10.0. The van der Waals surface area contributed by atoms with Gasteiger partial charge in [-0.3, -0.25) is 9.48 Å². The molecule has 0 radical (unpaired) electrons. The Morgan fingerprint density at radius 2 is 2.29 bits per heavy atom. The first kappa shape index (κ1) is 15.5. The number of hydrogen-bond donors (Lipinski definition) is 2. The van der Waals surface area contributed by atoms with Gasteiger partial charge in [-0.1, -0.05) is 6.07 Å². The van der Waals surface area contributed by atoms with Gasteiger partial charge in [-0.15, -0.1) is 12.4 Å². The van der Waals surface area contributed by atoms with Gasteiger partial charge in [0.05, 0.1) is 11.8 Å². The van der Waals surface area contributed by atoms with Crippen molar-refractivity contribution in [2.75, 3.05) is 11.9 Å². The zero-order valence-electron chi connectivity index (χ0n) is 11.9. The van der Waals surface area contributed by atoms with E-state index in [0.29, 0.717) is 5.56 Å². The fourth-order valence-electron chi connectivity index (χ4n) is 2.42. The van der Waals surface area contributed by atoms with Crippen LogP contribution in [0.5, 0.6) is 0 Å². The minimum Gasteiger partial charge on any atom is -0.322 e. The Morgan fingerprint density at radius 1 is 1.43 bits per heavy atom. The van der Waals surface area contributed by atoms with Crippen molar-refractivity contribution in [1.29, 1.82) is 0 Å². The Balaban J connectivity index is 0.00000161. The number of rotatable bonds is 3. The molecule has 0 atom stereocenters. The summed E-state index contributed by atoms with van der Waals surface area (Å²) >= 11 is 0. The summed E-state index contributed by atoms with van der Waals surface area (Å²) in [6.07, 6.45) is 4.40. The molecule has 3 rings (SSSR count). The van der Waals surface area contributed by atoms with Crippen LogP contribution in [0.2, 0.25) is 0 Å². The van der Waals surface area contributed by atoms with E-state index in [4.69, 9.17) is 0 Å². The van der Waals surface area contributed by atoms with E-state index in [2.05, 4.69) is 21.8 Å². The second-order valence-corrected chi connectivity index (χ2v) is 4.95. The molecular formula is C15H19ClN4O. The van der Waals surface area contributed by atoms with Gasteiger partial charge < -0.3 is 10.6 Å². The number of aryl methyl sites for hydroxylation is 1. The molecule has 5 nitrogen and oxygen atoms in total. The number of nitrogens with zero attached hydrogens (tertiary/aromatic N) is 2. The fraction of sp³-hybridized carbons (Fsp3) is 0.333. The minimum atomic E-state index is -0.117. The summed E-state index contributed by atoms with van der Waals surface area (Å²) in [5, 5.41) is 10.4. The Labute approximate surface area is 130 Å². The van der Waals surface area contributed by atoms with E-state index in [0.717, 1.165) is 31.7 Å². The van der Waals surface area contributed by atoms with Crippen LogP contribution in [-0.2, 0) is 19.5 Å². The second-order valence-electron chi connectivity index (χ2n) is 4.95. The van der Waals surface area contributed by atoms with Crippen LogP contribution >= 0.6 is 12.4 Å². The average Bonchev–Trinajstić information content (AvgIpc) is 2.96. The largest absolute Gasteiger partial charge is 0.322 e. The molecule has 0 saturated heterocycles. The van der Waals surface area contributed by atoms with Crippen molar-refractivity contribution in [3.8, 4) is 0 Å². The molecule has 0 fully saturated rings. The van der Waals surface area contributed by atoms with Crippen LogP contribution in [-0.4, -0.2) is 22.2 Å². The molecule has 2 N–H and O–H groups in total. The van der Waals surface area contributed by atoms with Crippen LogP contribution in [0.25, 0.3) is 0 Å². The quantitative estimate of drug-likeness (QED) is 0.914. The Kier molecular flexibility index (Phi) is 4.98. The van der Waals surface area contributed by atoms with Crippen LogP contribution in [0.1, 0.15) is 28.4 Å². The SMILES string of the molecule is CCn1cc(C(=O)Nc2ccc3c(c2)CNCC3)cn1.Cl. The summed E-state index contributed by atoms with van der Waals surface area (Å²) in [6, 6.07) is 6.11. The van der Waals surface area contributed by atoms with E-state index in [1.807, 2.05) is 19.1 Å². The molecule has 0 bridgehead atoms. The molecule has 1 aliphatic rings. The van der Waals surface area contributed by atoms with Gasteiger partial charge in [0.1, 0.15) is 0 Å². The predicted octanol–water partition coefficient (Wildman–Crippen LogP) is 2.22. The third-order valence-corrected chi connectivity index (χ3v) is 3.57. The number of carbonyl (C=O) groups is 1. The second kappa shape index (κ2) is 6.74. The number of carbonyl (C=O) groups excluding carboxylic acids is 1. The fourth-order valence-corrected chi connectivity index (χ4v) is 2.42. The van der Waals surface area contributed by atoms with Crippen molar-refractivity contribution in [2.24, 2.45) is 0 Å². The molecule has 6 heteroatoms. The summed E-state index contributed by atoms with van der Waals surface area (Å²) in [5.74, 6) is -0.117. The maximum atomic E-state index is 12.1. The number of fused-ring (bicyclic) bond motifs is 1. The van der Waals surface area contributed by atoms with Crippen LogP contribution in [0.15, 0.2) is 30.6 Å². The van der Waals surface area contributed by atoms with Gasteiger partial charge in [0.25, 0.3) is 5.91 Å². The predicted molar refractivity (Wildman–Crippen MR) is 85.0 cm³/mol. The Hall–Kier alpha value is -1.85. The molecule has 0 spiro atoms. The van der Waals surface area contributed by atoms with Gasteiger partial charge in [0, 0.05) is 25.0 Å². The summed E-state index contributed by atoms with van der Waals surface area (Å²) in [7, 11) is 0. The van der Waals surface area contributed by atoms with E-state index < -0.39 is 0 Å². The number of hydrogen-bond acceptors (Lipinski definition) is 3. The van der Waals surface area contributed by atoms with Crippen molar-refractivity contribution in [3.05, 3.63) is 47.3 Å². The summed E-state index contributed by atoms with van der Waals surface area (Å²) in [6.45, 7) is 4.64. The standard InChI is InChI=1S/C15H18N4O.ClH/c1-2-19-10-13(9-17-19)15(20)18-14-4-3-11-5-6-16-8-12(11)7-14;/h3-4,7,9-10,16H,2,5-6,8H2,1H3,(H,18,20);1H. The van der Waals surface area contributed by atoms with E-state index in [1.165, 1.54) is 11.1 Å². The summed E-state index contributed by atoms with van der Waals surface area (Å²) in [5.41, 5.74) is 4.04. The molecule has 1 aromatic heterocycles. The van der Waals surface area contributed by atoms with Crippen molar-refractivity contribution in [2.45, 2.75) is 26.4 Å². The highest BCUT2D eigenvalue weighted by Gasteiger charge is 2.12. The maximum absolute atomic E-state index is 12.1. The molecule has 1 amide bonds. The highest BCUT2D eigenvalue weighted by Crippen LogP contribution is 2.19. The number of nitrogens with one attached hydrogen (secondary N) is 2. The number of amides is 1. The van der Waals surface area contributed by atoms with Gasteiger partial charge in [-0.25, -0.2) is 0 Å².